The van der Waals surface area contributed by atoms with Gasteiger partial charge in [-0.15, -0.1) is 11.8 Å². The standard InChI is InChI=1S/C15H21NO3S/c1-11(15(17)16-10-13-6-4-8-19-13)20-14-7-3-5-12(9-14)18-2/h3,5,7,9,11,13H,4,6,8,10H2,1-2H3,(H,16,17). The van der Waals surface area contributed by atoms with Crippen LogP contribution in [0.4, 0.5) is 0 Å². The monoisotopic (exact) mass is 295 g/mol. The molecule has 1 amide bonds. The van der Waals surface area contributed by atoms with Gasteiger partial charge >= 0.3 is 0 Å². The number of carbonyl (C=O) groups excluding carboxylic acids is 1. The highest BCUT2D eigenvalue weighted by molar-refractivity contribution is 8.00. The Bertz CT molecular complexity index is 446. The zero-order valence-electron chi connectivity index (χ0n) is 11.9. The molecule has 20 heavy (non-hydrogen) atoms. The summed E-state index contributed by atoms with van der Waals surface area (Å²) >= 11 is 1.53. The molecule has 1 aromatic rings. The van der Waals surface area contributed by atoms with E-state index in [0.29, 0.717) is 6.54 Å². The van der Waals surface area contributed by atoms with Crippen LogP contribution in [0.3, 0.4) is 0 Å². The Morgan fingerprint density at radius 1 is 1.60 bits per heavy atom. The van der Waals surface area contributed by atoms with Gasteiger partial charge in [0.25, 0.3) is 0 Å². The first kappa shape index (κ1) is 15.2. The van der Waals surface area contributed by atoms with Crippen LogP contribution in [0.1, 0.15) is 19.8 Å². The third kappa shape index (κ3) is 4.42. The summed E-state index contributed by atoms with van der Waals surface area (Å²) in [7, 11) is 1.64. The van der Waals surface area contributed by atoms with E-state index in [1.54, 1.807) is 7.11 Å². The second-order valence-electron chi connectivity index (χ2n) is 4.82. The SMILES string of the molecule is COc1cccc(SC(C)C(=O)NCC2CCCO2)c1. The quantitative estimate of drug-likeness (QED) is 0.819. The van der Waals surface area contributed by atoms with Crippen LogP contribution >= 0.6 is 11.8 Å². The Kier molecular flexibility index (Phi) is 5.73. The second-order valence-corrected chi connectivity index (χ2v) is 6.23. The van der Waals surface area contributed by atoms with E-state index in [4.69, 9.17) is 9.47 Å². The van der Waals surface area contributed by atoms with Crippen LogP contribution in [0.15, 0.2) is 29.2 Å². The van der Waals surface area contributed by atoms with Gasteiger partial charge in [0.05, 0.1) is 18.5 Å². The summed E-state index contributed by atoms with van der Waals surface area (Å²) in [6.07, 6.45) is 2.32. The van der Waals surface area contributed by atoms with Gasteiger partial charge in [-0.25, -0.2) is 0 Å². The zero-order chi connectivity index (χ0) is 14.4. The van der Waals surface area contributed by atoms with Gasteiger partial charge in [-0.3, -0.25) is 4.79 Å². The van der Waals surface area contributed by atoms with Gasteiger partial charge in [0, 0.05) is 18.0 Å². The Balaban J connectivity index is 1.80. The number of amides is 1. The molecular weight excluding hydrogens is 274 g/mol. The molecule has 1 heterocycles. The minimum Gasteiger partial charge on any atom is -0.497 e. The van der Waals surface area contributed by atoms with Crippen molar-refractivity contribution in [2.45, 2.75) is 36.0 Å². The van der Waals surface area contributed by atoms with E-state index in [1.807, 2.05) is 31.2 Å². The number of hydrogen-bond donors (Lipinski definition) is 1. The molecule has 0 aliphatic carbocycles. The van der Waals surface area contributed by atoms with Gasteiger partial charge < -0.3 is 14.8 Å². The van der Waals surface area contributed by atoms with Crippen LogP contribution in [-0.4, -0.2) is 37.5 Å². The largest absolute Gasteiger partial charge is 0.497 e. The lowest BCUT2D eigenvalue weighted by Crippen LogP contribution is -2.36. The van der Waals surface area contributed by atoms with Crippen LogP contribution < -0.4 is 10.1 Å². The predicted octanol–water partition coefficient (Wildman–Crippen LogP) is 2.47. The number of carbonyl (C=O) groups is 1. The van der Waals surface area contributed by atoms with Crippen LogP contribution in [0.25, 0.3) is 0 Å². The van der Waals surface area contributed by atoms with Crippen molar-refractivity contribution in [2.75, 3.05) is 20.3 Å². The van der Waals surface area contributed by atoms with Gasteiger partial charge in [0.2, 0.25) is 5.91 Å². The number of thioether (sulfide) groups is 1. The number of rotatable bonds is 6. The molecule has 1 aromatic carbocycles. The van der Waals surface area contributed by atoms with Gasteiger partial charge in [-0.05, 0) is 38.0 Å². The Morgan fingerprint density at radius 2 is 2.45 bits per heavy atom. The lowest BCUT2D eigenvalue weighted by molar-refractivity contribution is -0.120. The molecule has 0 bridgehead atoms. The van der Waals surface area contributed by atoms with Gasteiger partial charge in [0.1, 0.15) is 5.75 Å². The molecule has 1 aliphatic rings. The maximum Gasteiger partial charge on any atom is 0.233 e. The average Bonchev–Trinajstić information content (AvgIpc) is 2.98. The first-order valence-corrected chi connectivity index (χ1v) is 7.77. The van der Waals surface area contributed by atoms with Crippen LogP contribution in [0, 0.1) is 0 Å². The minimum atomic E-state index is -0.136. The Labute approximate surface area is 124 Å². The first-order valence-electron chi connectivity index (χ1n) is 6.89. The molecule has 0 radical (unpaired) electrons. The molecule has 0 aromatic heterocycles. The topological polar surface area (TPSA) is 47.6 Å². The fourth-order valence-corrected chi connectivity index (χ4v) is 3.04. The van der Waals surface area contributed by atoms with E-state index >= 15 is 0 Å². The molecule has 2 unspecified atom stereocenters. The summed E-state index contributed by atoms with van der Waals surface area (Å²) in [5, 5.41) is 2.82. The third-order valence-corrected chi connectivity index (χ3v) is 4.34. The summed E-state index contributed by atoms with van der Waals surface area (Å²) in [6, 6.07) is 7.75. The van der Waals surface area contributed by atoms with Crippen molar-refractivity contribution >= 4 is 17.7 Å². The van der Waals surface area contributed by atoms with Crippen LogP contribution in [0.5, 0.6) is 5.75 Å². The second kappa shape index (κ2) is 7.55. The lowest BCUT2D eigenvalue weighted by Gasteiger charge is -2.15. The highest BCUT2D eigenvalue weighted by Crippen LogP contribution is 2.26. The van der Waals surface area contributed by atoms with Crippen molar-refractivity contribution < 1.29 is 14.3 Å². The predicted molar refractivity (Wildman–Crippen MR) is 80.3 cm³/mol. The molecule has 1 saturated heterocycles. The van der Waals surface area contributed by atoms with E-state index in [1.165, 1.54) is 11.8 Å². The fraction of sp³-hybridized carbons (Fsp3) is 0.533. The Hall–Kier alpha value is -1.20. The molecule has 110 valence electrons. The van der Waals surface area contributed by atoms with Crippen molar-refractivity contribution in [2.24, 2.45) is 0 Å². The summed E-state index contributed by atoms with van der Waals surface area (Å²) in [5.74, 6) is 0.857. The van der Waals surface area contributed by atoms with Crippen LogP contribution in [-0.2, 0) is 9.53 Å². The number of benzene rings is 1. The molecule has 5 heteroatoms. The van der Waals surface area contributed by atoms with Gasteiger partial charge in [-0.1, -0.05) is 6.07 Å². The molecule has 2 atom stereocenters. The highest BCUT2D eigenvalue weighted by atomic mass is 32.2. The number of methoxy groups -OCH3 is 1. The fourth-order valence-electron chi connectivity index (χ4n) is 2.10. The van der Waals surface area contributed by atoms with E-state index in [0.717, 1.165) is 30.1 Å². The summed E-state index contributed by atoms with van der Waals surface area (Å²) in [6.45, 7) is 3.34. The lowest BCUT2D eigenvalue weighted by atomic mass is 10.2. The molecule has 1 fully saturated rings. The summed E-state index contributed by atoms with van der Waals surface area (Å²) < 4.78 is 10.7. The number of nitrogens with one attached hydrogen (secondary N) is 1. The molecule has 0 saturated carbocycles. The van der Waals surface area contributed by atoms with Crippen molar-refractivity contribution in [3.63, 3.8) is 0 Å². The Morgan fingerprint density at radius 3 is 3.15 bits per heavy atom. The third-order valence-electron chi connectivity index (χ3n) is 3.25. The summed E-state index contributed by atoms with van der Waals surface area (Å²) in [5.41, 5.74) is 0. The summed E-state index contributed by atoms with van der Waals surface area (Å²) in [4.78, 5) is 13.1. The van der Waals surface area contributed by atoms with E-state index < -0.39 is 0 Å². The van der Waals surface area contributed by atoms with E-state index in [9.17, 15) is 4.79 Å². The highest BCUT2D eigenvalue weighted by Gasteiger charge is 2.19. The number of hydrogen-bond acceptors (Lipinski definition) is 4. The average molecular weight is 295 g/mol. The molecule has 4 nitrogen and oxygen atoms in total. The molecule has 1 aliphatic heterocycles. The number of ether oxygens (including phenoxy) is 2. The van der Waals surface area contributed by atoms with Crippen molar-refractivity contribution in [3.05, 3.63) is 24.3 Å². The maximum absolute atomic E-state index is 12.0. The van der Waals surface area contributed by atoms with E-state index in [2.05, 4.69) is 5.32 Å². The van der Waals surface area contributed by atoms with Gasteiger partial charge in [-0.2, -0.15) is 0 Å². The smallest absolute Gasteiger partial charge is 0.233 e. The van der Waals surface area contributed by atoms with Crippen molar-refractivity contribution in [1.82, 2.24) is 5.32 Å². The molecule has 2 rings (SSSR count). The molecular formula is C15H21NO3S. The molecule has 1 N–H and O–H groups in total. The van der Waals surface area contributed by atoms with E-state index in [-0.39, 0.29) is 17.3 Å². The minimum absolute atomic E-state index is 0.0494. The first-order chi connectivity index (χ1) is 9.69. The van der Waals surface area contributed by atoms with Crippen molar-refractivity contribution in [1.29, 1.82) is 0 Å². The zero-order valence-corrected chi connectivity index (χ0v) is 12.7. The maximum atomic E-state index is 12.0. The van der Waals surface area contributed by atoms with Crippen LogP contribution in [0.2, 0.25) is 0 Å². The normalized spacial score (nSPS) is 19.6. The van der Waals surface area contributed by atoms with Gasteiger partial charge in [0.15, 0.2) is 0 Å². The van der Waals surface area contributed by atoms with Crippen molar-refractivity contribution in [3.8, 4) is 5.75 Å². The molecule has 0 spiro atoms.